The van der Waals surface area contributed by atoms with Crippen molar-refractivity contribution in [2.75, 3.05) is 13.2 Å². The summed E-state index contributed by atoms with van der Waals surface area (Å²) in [7, 11) is 0. The van der Waals surface area contributed by atoms with Gasteiger partial charge in [0.05, 0.1) is 6.42 Å². The number of nitrogens with one attached hydrogen (secondary N) is 1. The van der Waals surface area contributed by atoms with Gasteiger partial charge < -0.3 is 20.1 Å². The molecule has 1 atom stereocenters. The monoisotopic (exact) mass is 450 g/mol. The number of alkyl carbamates (subject to hydrolysis) is 1. The molecule has 0 saturated heterocycles. The smallest absolute Gasteiger partial charge is 0.407 e. The third-order valence-electron chi connectivity index (χ3n) is 6.45. The highest BCUT2D eigenvalue weighted by atomic mass is 16.5. The zero-order valence-electron chi connectivity index (χ0n) is 18.8. The molecule has 2 aliphatic carbocycles. The second kappa shape index (κ2) is 10.1. The first-order valence-electron chi connectivity index (χ1n) is 11.6. The summed E-state index contributed by atoms with van der Waals surface area (Å²) >= 11 is 0. The van der Waals surface area contributed by atoms with Gasteiger partial charge in [0, 0.05) is 31.0 Å². The van der Waals surface area contributed by atoms with Crippen molar-refractivity contribution in [3.63, 3.8) is 0 Å². The molecule has 1 saturated carbocycles. The molecule has 2 aliphatic rings. The highest BCUT2D eigenvalue weighted by Crippen LogP contribution is 2.44. The van der Waals surface area contributed by atoms with E-state index in [-0.39, 0.29) is 49.9 Å². The van der Waals surface area contributed by atoms with E-state index < -0.39 is 12.1 Å². The van der Waals surface area contributed by atoms with Gasteiger partial charge in [0.2, 0.25) is 5.91 Å². The molecule has 7 nitrogen and oxygen atoms in total. The fourth-order valence-corrected chi connectivity index (χ4v) is 4.55. The minimum atomic E-state index is -0.919. The summed E-state index contributed by atoms with van der Waals surface area (Å²) in [6.07, 6.45) is 1.91. The van der Waals surface area contributed by atoms with Crippen LogP contribution in [0.15, 0.2) is 48.5 Å². The van der Waals surface area contributed by atoms with Gasteiger partial charge in [-0.25, -0.2) is 4.79 Å². The number of rotatable bonds is 10. The van der Waals surface area contributed by atoms with E-state index in [1.807, 2.05) is 31.2 Å². The maximum absolute atomic E-state index is 12.8. The van der Waals surface area contributed by atoms with Crippen LogP contribution in [0.1, 0.15) is 56.1 Å². The van der Waals surface area contributed by atoms with Gasteiger partial charge in [0.15, 0.2) is 0 Å². The van der Waals surface area contributed by atoms with Crippen LogP contribution >= 0.6 is 0 Å². The van der Waals surface area contributed by atoms with Crippen LogP contribution in [0, 0.1) is 0 Å². The van der Waals surface area contributed by atoms with Gasteiger partial charge >= 0.3 is 12.1 Å². The van der Waals surface area contributed by atoms with Crippen LogP contribution in [0.4, 0.5) is 4.79 Å². The lowest BCUT2D eigenvalue weighted by molar-refractivity contribution is -0.138. The predicted octanol–water partition coefficient (Wildman–Crippen LogP) is 4.16. The maximum Gasteiger partial charge on any atom is 0.407 e. The summed E-state index contributed by atoms with van der Waals surface area (Å²) < 4.78 is 5.60. The van der Waals surface area contributed by atoms with Gasteiger partial charge in [-0.05, 0) is 41.5 Å². The van der Waals surface area contributed by atoms with Crippen LogP contribution in [0.2, 0.25) is 0 Å². The van der Waals surface area contributed by atoms with Gasteiger partial charge in [-0.2, -0.15) is 0 Å². The summed E-state index contributed by atoms with van der Waals surface area (Å²) in [6.45, 7) is 2.33. The van der Waals surface area contributed by atoms with E-state index in [1.54, 1.807) is 4.90 Å². The average Bonchev–Trinajstić information content (AvgIpc) is 3.59. The fraction of sp³-hybridized carbons (Fsp3) is 0.423. The molecule has 0 heterocycles. The molecule has 0 radical (unpaired) electrons. The Morgan fingerprint density at radius 1 is 1.06 bits per heavy atom. The molecule has 7 heteroatoms. The molecule has 0 aliphatic heterocycles. The molecule has 2 N–H and O–H groups in total. The molecule has 2 aromatic carbocycles. The number of benzene rings is 2. The number of nitrogens with zero attached hydrogens (tertiary/aromatic N) is 1. The van der Waals surface area contributed by atoms with Gasteiger partial charge in [0.25, 0.3) is 0 Å². The first kappa shape index (κ1) is 22.8. The Bertz CT molecular complexity index is 987. The van der Waals surface area contributed by atoms with Crippen molar-refractivity contribution in [1.82, 2.24) is 10.2 Å². The van der Waals surface area contributed by atoms with E-state index in [9.17, 15) is 14.4 Å². The second-order valence-electron chi connectivity index (χ2n) is 8.74. The molecule has 33 heavy (non-hydrogen) atoms. The summed E-state index contributed by atoms with van der Waals surface area (Å²) in [4.78, 5) is 37.9. The summed E-state index contributed by atoms with van der Waals surface area (Å²) in [5.41, 5.74) is 4.63. The van der Waals surface area contributed by atoms with Crippen LogP contribution in [0.5, 0.6) is 0 Å². The van der Waals surface area contributed by atoms with E-state index in [2.05, 4.69) is 29.6 Å². The van der Waals surface area contributed by atoms with Crippen molar-refractivity contribution in [3.8, 4) is 11.1 Å². The third-order valence-corrected chi connectivity index (χ3v) is 6.45. The number of hydrogen-bond donors (Lipinski definition) is 2. The molecular weight excluding hydrogens is 420 g/mol. The molecule has 0 bridgehead atoms. The van der Waals surface area contributed by atoms with Gasteiger partial charge in [-0.3, -0.25) is 9.59 Å². The Balaban J connectivity index is 1.33. The molecule has 0 unspecified atom stereocenters. The lowest BCUT2D eigenvalue weighted by Crippen LogP contribution is -2.42. The van der Waals surface area contributed by atoms with Crippen molar-refractivity contribution < 1.29 is 24.2 Å². The first-order valence-corrected chi connectivity index (χ1v) is 11.6. The normalized spacial score (nSPS) is 15.3. The minimum Gasteiger partial charge on any atom is -0.481 e. The average molecular weight is 451 g/mol. The largest absolute Gasteiger partial charge is 0.481 e. The number of hydrogen-bond acceptors (Lipinski definition) is 4. The number of fused-ring (bicyclic) bond motifs is 3. The van der Waals surface area contributed by atoms with Gasteiger partial charge in [0.1, 0.15) is 6.61 Å². The predicted molar refractivity (Wildman–Crippen MR) is 124 cm³/mol. The molecule has 2 amide bonds. The third kappa shape index (κ3) is 5.35. The number of ether oxygens (including phenoxy) is 1. The highest BCUT2D eigenvalue weighted by Gasteiger charge is 2.34. The number of carboxylic acid groups (broad SMARTS) is 1. The topological polar surface area (TPSA) is 95.9 Å². The van der Waals surface area contributed by atoms with Crippen molar-refractivity contribution in [2.24, 2.45) is 0 Å². The number of carbonyl (C=O) groups is 3. The van der Waals surface area contributed by atoms with Crippen LogP contribution in [0.25, 0.3) is 11.1 Å². The van der Waals surface area contributed by atoms with Crippen LogP contribution in [-0.2, 0) is 14.3 Å². The maximum atomic E-state index is 12.8. The van der Waals surface area contributed by atoms with E-state index >= 15 is 0 Å². The second-order valence-corrected chi connectivity index (χ2v) is 8.74. The van der Waals surface area contributed by atoms with E-state index in [1.165, 1.54) is 11.1 Å². The molecule has 1 fully saturated rings. The summed E-state index contributed by atoms with van der Waals surface area (Å²) in [6, 6.07) is 16.1. The zero-order valence-corrected chi connectivity index (χ0v) is 18.8. The minimum absolute atomic E-state index is 0.0220. The Labute approximate surface area is 193 Å². The number of amides is 2. The van der Waals surface area contributed by atoms with Crippen LogP contribution in [0.3, 0.4) is 0 Å². The van der Waals surface area contributed by atoms with E-state index in [4.69, 9.17) is 9.84 Å². The molecular formula is C26H30N2O5. The standard InChI is InChI=1S/C26H30N2O5/c1-2-17(15-24(29)28(18-11-12-18)14-13-25(30)31)27-26(32)33-16-23-21-9-5-3-7-19(21)20-8-4-6-10-22(20)23/h3-10,17-18,23H,2,11-16H2,1H3,(H,27,32)(H,30,31)/t17-/m1/s1. The fourth-order valence-electron chi connectivity index (χ4n) is 4.55. The highest BCUT2D eigenvalue weighted by molar-refractivity contribution is 5.80. The number of aliphatic carboxylic acids is 1. The summed E-state index contributed by atoms with van der Waals surface area (Å²) in [5.74, 6) is -1.06. The molecule has 0 spiro atoms. The Hall–Kier alpha value is -3.35. The zero-order chi connectivity index (χ0) is 23.4. The SMILES string of the molecule is CC[C@H](CC(=O)N(CCC(=O)O)C1CC1)NC(=O)OCC1c2ccccc2-c2ccccc21. The summed E-state index contributed by atoms with van der Waals surface area (Å²) in [5, 5.41) is 11.8. The Kier molecular flexibility index (Phi) is 6.96. The quantitative estimate of drug-likeness (QED) is 0.567. The molecule has 2 aromatic rings. The van der Waals surface area contributed by atoms with Gasteiger partial charge in [-0.15, -0.1) is 0 Å². The number of carboxylic acids is 1. The molecule has 4 rings (SSSR count). The Morgan fingerprint density at radius 3 is 2.21 bits per heavy atom. The van der Waals surface area contributed by atoms with Crippen molar-refractivity contribution in [1.29, 1.82) is 0 Å². The van der Waals surface area contributed by atoms with Crippen molar-refractivity contribution >= 4 is 18.0 Å². The first-order chi connectivity index (χ1) is 16.0. The van der Waals surface area contributed by atoms with Crippen LogP contribution < -0.4 is 5.32 Å². The van der Waals surface area contributed by atoms with E-state index in [0.29, 0.717) is 6.42 Å². The van der Waals surface area contributed by atoms with Crippen molar-refractivity contribution in [2.45, 2.75) is 57.0 Å². The Morgan fingerprint density at radius 2 is 1.67 bits per heavy atom. The molecule has 174 valence electrons. The lowest BCUT2D eigenvalue weighted by Gasteiger charge is -2.25. The molecule has 0 aromatic heterocycles. The van der Waals surface area contributed by atoms with Gasteiger partial charge in [-0.1, -0.05) is 55.5 Å². The van der Waals surface area contributed by atoms with Crippen molar-refractivity contribution in [3.05, 3.63) is 59.7 Å². The number of carbonyl (C=O) groups excluding carboxylic acids is 2. The van der Waals surface area contributed by atoms with Crippen LogP contribution in [-0.4, -0.2) is 53.2 Å². The van der Waals surface area contributed by atoms with E-state index in [0.717, 1.165) is 24.0 Å². The lowest BCUT2D eigenvalue weighted by atomic mass is 9.98.